The minimum Gasteiger partial charge on any atom is -0.505 e. The lowest BCUT2D eigenvalue weighted by Gasteiger charge is -2.05. The minimum atomic E-state index is -0.443. The Balaban J connectivity index is 2.20. The van der Waals surface area contributed by atoms with E-state index < -0.39 is 5.91 Å². The van der Waals surface area contributed by atoms with Crippen LogP contribution in [0.1, 0.15) is 10.5 Å². The van der Waals surface area contributed by atoms with Gasteiger partial charge in [-0.05, 0) is 30.3 Å². The Morgan fingerprint density at radius 3 is 2.82 bits per heavy atom. The Labute approximate surface area is 106 Å². The molecule has 0 spiro atoms. The summed E-state index contributed by atoms with van der Waals surface area (Å²) in [5.74, 6) is -0.582. The highest BCUT2D eigenvalue weighted by Crippen LogP contribution is 2.18. The van der Waals surface area contributed by atoms with Crippen molar-refractivity contribution < 1.29 is 9.90 Å². The van der Waals surface area contributed by atoms with Crippen molar-refractivity contribution >= 4 is 27.5 Å². The van der Waals surface area contributed by atoms with Gasteiger partial charge in [0.2, 0.25) is 0 Å². The summed E-state index contributed by atoms with van der Waals surface area (Å²) < 4.78 is 0.862. The molecule has 86 valence electrons. The summed E-state index contributed by atoms with van der Waals surface area (Å²) >= 11 is 3.31. The SMILES string of the molecule is O=C(Nc1cccc(Br)c1)c1ncccc1O. The standard InChI is InChI=1S/C12H9BrN2O2/c13-8-3-1-4-9(7-8)15-12(17)11-10(16)5-2-6-14-11/h1-7,16H,(H,15,17). The van der Waals surface area contributed by atoms with Gasteiger partial charge in [0.15, 0.2) is 5.69 Å². The molecule has 0 fully saturated rings. The fourth-order valence-corrected chi connectivity index (χ4v) is 1.73. The second kappa shape index (κ2) is 4.97. The molecule has 0 aliphatic heterocycles. The number of anilines is 1. The van der Waals surface area contributed by atoms with Gasteiger partial charge in [0, 0.05) is 16.4 Å². The van der Waals surface area contributed by atoms with E-state index in [4.69, 9.17) is 0 Å². The Hall–Kier alpha value is -1.88. The predicted octanol–water partition coefficient (Wildman–Crippen LogP) is 2.80. The molecule has 0 aliphatic carbocycles. The van der Waals surface area contributed by atoms with Crippen molar-refractivity contribution in [2.45, 2.75) is 0 Å². The number of halogens is 1. The molecule has 1 amide bonds. The van der Waals surface area contributed by atoms with Crippen molar-refractivity contribution in [3.63, 3.8) is 0 Å². The summed E-state index contributed by atoms with van der Waals surface area (Å²) in [6, 6.07) is 10.2. The minimum absolute atomic E-state index is 0.00692. The molecule has 5 heteroatoms. The first-order valence-electron chi connectivity index (χ1n) is 4.88. The average molecular weight is 293 g/mol. The average Bonchev–Trinajstić information content (AvgIpc) is 2.29. The van der Waals surface area contributed by atoms with Gasteiger partial charge < -0.3 is 10.4 Å². The lowest BCUT2D eigenvalue weighted by molar-refractivity contribution is 0.101. The lowest BCUT2D eigenvalue weighted by Crippen LogP contribution is -2.13. The number of rotatable bonds is 2. The maximum absolute atomic E-state index is 11.8. The van der Waals surface area contributed by atoms with Crippen LogP contribution in [-0.4, -0.2) is 16.0 Å². The number of benzene rings is 1. The number of hydrogen-bond donors (Lipinski definition) is 2. The zero-order valence-corrected chi connectivity index (χ0v) is 10.3. The summed E-state index contributed by atoms with van der Waals surface area (Å²) in [6.45, 7) is 0. The number of aromatic hydroxyl groups is 1. The van der Waals surface area contributed by atoms with Gasteiger partial charge in [-0.1, -0.05) is 22.0 Å². The smallest absolute Gasteiger partial charge is 0.278 e. The van der Waals surface area contributed by atoms with Crippen molar-refractivity contribution in [3.05, 3.63) is 52.8 Å². The van der Waals surface area contributed by atoms with E-state index >= 15 is 0 Å². The molecule has 17 heavy (non-hydrogen) atoms. The third-order valence-corrected chi connectivity index (χ3v) is 2.58. The zero-order valence-electron chi connectivity index (χ0n) is 8.72. The number of amides is 1. The van der Waals surface area contributed by atoms with Crippen LogP contribution in [0.4, 0.5) is 5.69 Å². The monoisotopic (exact) mass is 292 g/mol. The zero-order chi connectivity index (χ0) is 12.3. The Morgan fingerprint density at radius 2 is 2.12 bits per heavy atom. The van der Waals surface area contributed by atoms with E-state index in [1.807, 2.05) is 6.07 Å². The lowest BCUT2D eigenvalue weighted by atomic mass is 10.3. The molecule has 1 aromatic heterocycles. The van der Waals surface area contributed by atoms with E-state index in [2.05, 4.69) is 26.2 Å². The summed E-state index contributed by atoms with van der Waals surface area (Å²) in [5, 5.41) is 12.1. The van der Waals surface area contributed by atoms with E-state index in [0.29, 0.717) is 5.69 Å². The molecule has 0 atom stereocenters. The molecule has 0 aliphatic rings. The second-order valence-corrected chi connectivity index (χ2v) is 4.25. The maximum atomic E-state index is 11.8. The van der Waals surface area contributed by atoms with Gasteiger partial charge >= 0.3 is 0 Å². The van der Waals surface area contributed by atoms with Crippen LogP contribution in [0.15, 0.2) is 47.1 Å². The van der Waals surface area contributed by atoms with Crippen LogP contribution in [0.25, 0.3) is 0 Å². The molecular formula is C12H9BrN2O2. The Kier molecular flexibility index (Phi) is 3.39. The number of aromatic nitrogens is 1. The number of carbonyl (C=O) groups is 1. The van der Waals surface area contributed by atoms with Crippen molar-refractivity contribution in [2.75, 3.05) is 5.32 Å². The van der Waals surface area contributed by atoms with Gasteiger partial charge in [0.05, 0.1) is 0 Å². The van der Waals surface area contributed by atoms with Gasteiger partial charge in [-0.25, -0.2) is 4.98 Å². The molecule has 0 unspecified atom stereocenters. The third kappa shape index (κ3) is 2.82. The summed E-state index contributed by atoms with van der Waals surface area (Å²) in [6.07, 6.45) is 1.45. The van der Waals surface area contributed by atoms with Gasteiger partial charge in [0.1, 0.15) is 5.75 Å². The largest absolute Gasteiger partial charge is 0.505 e. The normalized spacial score (nSPS) is 9.94. The highest BCUT2D eigenvalue weighted by Gasteiger charge is 2.12. The molecule has 0 radical (unpaired) electrons. The number of pyridine rings is 1. The van der Waals surface area contributed by atoms with Crippen molar-refractivity contribution in [1.29, 1.82) is 0 Å². The Morgan fingerprint density at radius 1 is 1.29 bits per heavy atom. The fraction of sp³-hybridized carbons (Fsp3) is 0. The molecular weight excluding hydrogens is 284 g/mol. The van der Waals surface area contributed by atoms with Crippen LogP contribution < -0.4 is 5.32 Å². The van der Waals surface area contributed by atoms with Gasteiger partial charge in [-0.2, -0.15) is 0 Å². The summed E-state index contributed by atoms with van der Waals surface area (Å²) in [4.78, 5) is 15.6. The topological polar surface area (TPSA) is 62.2 Å². The number of hydrogen-bond acceptors (Lipinski definition) is 3. The van der Waals surface area contributed by atoms with E-state index in [1.165, 1.54) is 12.3 Å². The second-order valence-electron chi connectivity index (χ2n) is 3.34. The van der Waals surface area contributed by atoms with Gasteiger partial charge in [0.25, 0.3) is 5.91 Å². The van der Waals surface area contributed by atoms with E-state index in [1.54, 1.807) is 24.3 Å². The molecule has 1 heterocycles. The maximum Gasteiger partial charge on any atom is 0.278 e. The van der Waals surface area contributed by atoms with Crippen LogP contribution in [0.2, 0.25) is 0 Å². The molecule has 2 rings (SSSR count). The van der Waals surface area contributed by atoms with E-state index in [9.17, 15) is 9.90 Å². The van der Waals surface area contributed by atoms with Crippen LogP contribution in [0.5, 0.6) is 5.75 Å². The molecule has 4 nitrogen and oxygen atoms in total. The molecule has 0 bridgehead atoms. The molecule has 0 saturated carbocycles. The van der Waals surface area contributed by atoms with Gasteiger partial charge in [-0.15, -0.1) is 0 Å². The van der Waals surface area contributed by atoms with Crippen molar-refractivity contribution in [2.24, 2.45) is 0 Å². The number of nitrogens with zero attached hydrogens (tertiary/aromatic N) is 1. The molecule has 0 saturated heterocycles. The first-order chi connectivity index (χ1) is 8.16. The Bertz CT molecular complexity index is 558. The van der Waals surface area contributed by atoms with Crippen molar-refractivity contribution in [1.82, 2.24) is 4.98 Å². The predicted molar refractivity (Wildman–Crippen MR) is 68.0 cm³/mol. The van der Waals surface area contributed by atoms with Crippen LogP contribution in [0.3, 0.4) is 0 Å². The quantitative estimate of drug-likeness (QED) is 0.895. The van der Waals surface area contributed by atoms with Crippen LogP contribution in [-0.2, 0) is 0 Å². The number of carbonyl (C=O) groups excluding carboxylic acids is 1. The van der Waals surface area contributed by atoms with Crippen LogP contribution in [0, 0.1) is 0 Å². The highest BCUT2D eigenvalue weighted by molar-refractivity contribution is 9.10. The first-order valence-corrected chi connectivity index (χ1v) is 5.67. The van der Waals surface area contributed by atoms with E-state index in [0.717, 1.165) is 4.47 Å². The fourth-order valence-electron chi connectivity index (χ4n) is 1.33. The van der Waals surface area contributed by atoms with Gasteiger partial charge in [-0.3, -0.25) is 4.79 Å². The molecule has 2 N–H and O–H groups in total. The number of nitrogens with one attached hydrogen (secondary N) is 1. The molecule has 1 aromatic carbocycles. The molecule has 2 aromatic rings. The highest BCUT2D eigenvalue weighted by atomic mass is 79.9. The summed E-state index contributed by atoms with van der Waals surface area (Å²) in [7, 11) is 0. The summed E-state index contributed by atoms with van der Waals surface area (Å²) in [5.41, 5.74) is 0.641. The van der Waals surface area contributed by atoms with Crippen LogP contribution >= 0.6 is 15.9 Å². The van der Waals surface area contributed by atoms with Crippen molar-refractivity contribution in [3.8, 4) is 5.75 Å². The third-order valence-electron chi connectivity index (χ3n) is 2.08. The van der Waals surface area contributed by atoms with E-state index in [-0.39, 0.29) is 11.4 Å². The first kappa shape index (κ1) is 11.6.